The minimum atomic E-state index is -1.88. The molecule has 1 unspecified atom stereocenters. The van der Waals surface area contributed by atoms with E-state index in [4.69, 9.17) is 9.84 Å². The van der Waals surface area contributed by atoms with Crippen molar-refractivity contribution in [2.45, 2.75) is 13.0 Å². The largest absolute Gasteiger partial charge is 0.494 e. The molecule has 1 atom stereocenters. The third-order valence-corrected chi connectivity index (χ3v) is 1.96. The Balaban J connectivity index is 3.28. The first-order valence-corrected chi connectivity index (χ1v) is 4.22. The van der Waals surface area contributed by atoms with Crippen LogP contribution < -0.4 is 4.74 Å². The van der Waals surface area contributed by atoms with Crippen LogP contribution in [0.5, 0.6) is 5.75 Å². The normalized spacial score (nSPS) is 12.3. The highest BCUT2D eigenvalue weighted by molar-refractivity contribution is 5.74. The van der Waals surface area contributed by atoms with Crippen molar-refractivity contribution in [2.24, 2.45) is 0 Å². The molecule has 1 aromatic carbocycles. The Kier molecular flexibility index (Phi) is 3.26. The van der Waals surface area contributed by atoms with E-state index in [2.05, 4.69) is 0 Å². The molecule has 0 fully saturated rings. The Morgan fingerprint density at radius 3 is 2.60 bits per heavy atom. The molecular formula is C10H11FO4. The number of halogens is 1. The highest BCUT2D eigenvalue weighted by Crippen LogP contribution is 2.27. The summed E-state index contributed by atoms with van der Waals surface area (Å²) < 4.78 is 18.2. The van der Waals surface area contributed by atoms with Crippen molar-refractivity contribution in [1.82, 2.24) is 0 Å². The number of aliphatic carboxylic acids is 1. The predicted octanol–water partition coefficient (Wildman–Crippen LogP) is 1.26. The van der Waals surface area contributed by atoms with Crippen LogP contribution in [0, 0.1) is 12.7 Å². The zero-order valence-electron chi connectivity index (χ0n) is 8.32. The lowest BCUT2D eigenvalue weighted by Crippen LogP contribution is -2.13. The fourth-order valence-corrected chi connectivity index (χ4v) is 1.24. The maximum absolute atomic E-state index is 13.5. The zero-order chi connectivity index (χ0) is 11.6. The molecule has 0 spiro atoms. The lowest BCUT2D eigenvalue weighted by Gasteiger charge is -2.11. The maximum atomic E-state index is 13.5. The lowest BCUT2D eigenvalue weighted by molar-refractivity contribution is -0.147. The summed E-state index contributed by atoms with van der Waals surface area (Å²) in [6, 6.07) is 2.70. The number of rotatable bonds is 3. The Bertz CT molecular complexity index is 389. The second-order valence-electron chi connectivity index (χ2n) is 3.11. The summed E-state index contributed by atoms with van der Waals surface area (Å²) >= 11 is 0. The number of carbonyl (C=O) groups is 1. The van der Waals surface area contributed by atoms with E-state index < -0.39 is 17.9 Å². The van der Waals surface area contributed by atoms with Gasteiger partial charge in [-0.25, -0.2) is 9.18 Å². The molecular weight excluding hydrogens is 203 g/mol. The fourth-order valence-electron chi connectivity index (χ4n) is 1.24. The van der Waals surface area contributed by atoms with E-state index in [0.717, 1.165) is 0 Å². The van der Waals surface area contributed by atoms with E-state index in [1.54, 1.807) is 6.92 Å². The van der Waals surface area contributed by atoms with Gasteiger partial charge in [0.2, 0.25) is 0 Å². The van der Waals surface area contributed by atoms with Crippen LogP contribution in [-0.4, -0.2) is 23.3 Å². The molecule has 0 saturated heterocycles. The van der Waals surface area contributed by atoms with Crippen LogP contribution >= 0.6 is 0 Å². The highest BCUT2D eigenvalue weighted by Gasteiger charge is 2.22. The first-order valence-electron chi connectivity index (χ1n) is 4.22. The standard InChI is InChI=1S/C10H11FO4/c1-5-3-6(9(12)10(13)14)8(11)7(4-5)15-2/h3-4,9,12H,1-2H3,(H,13,14). The average molecular weight is 214 g/mol. The van der Waals surface area contributed by atoms with Crippen molar-refractivity contribution in [3.63, 3.8) is 0 Å². The van der Waals surface area contributed by atoms with Crippen molar-refractivity contribution in [3.8, 4) is 5.75 Å². The number of aliphatic hydroxyl groups is 1. The van der Waals surface area contributed by atoms with Crippen LogP contribution in [0.2, 0.25) is 0 Å². The SMILES string of the molecule is COc1cc(C)cc(C(O)C(=O)O)c1F. The molecule has 0 amide bonds. The molecule has 1 aromatic rings. The number of aliphatic hydroxyl groups excluding tert-OH is 1. The molecule has 0 saturated carbocycles. The molecule has 0 aliphatic heterocycles. The number of aryl methyl sites for hydroxylation is 1. The molecule has 0 radical (unpaired) electrons. The molecule has 1 rings (SSSR count). The number of benzene rings is 1. The fraction of sp³-hybridized carbons (Fsp3) is 0.300. The Hall–Kier alpha value is -1.62. The molecule has 0 bridgehead atoms. The van der Waals surface area contributed by atoms with Crippen molar-refractivity contribution >= 4 is 5.97 Å². The summed E-state index contributed by atoms with van der Waals surface area (Å²) in [5.41, 5.74) is 0.322. The Morgan fingerprint density at radius 1 is 1.53 bits per heavy atom. The van der Waals surface area contributed by atoms with E-state index in [1.165, 1.54) is 19.2 Å². The molecule has 0 heterocycles. The first kappa shape index (κ1) is 11.5. The zero-order valence-corrected chi connectivity index (χ0v) is 8.32. The number of methoxy groups -OCH3 is 1. The third-order valence-electron chi connectivity index (χ3n) is 1.96. The predicted molar refractivity (Wildman–Crippen MR) is 50.3 cm³/mol. The van der Waals surface area contributed by atoms with Crippen LogP contribution in [0.15, 0.2) is 12.1 Å². The van der Waals surface area contributed by atoms with E-state index in [0.29, 0.717) is 5.56 Å². The van der Waals surface area contributed by atoms with Crippen LogP contribution in [0.3, 0.4) is 0 Å². The molecule has 5 heteroatoms. The van der Waals surface area contributed by atoms with Gasteiger partial charge in [0.05, 0.1) is 7.11 Å². The second-order valence-corrected chi connectivity index (χ2v) is 3.11. The topological polar surface area (TPSA) is 66.8 Å². The quantitative estimate of drug-likeness (QED) is 0.794. The van der Waals surface area contributed by atoms with Crippen molar-refractivity contribution in [3.05, 3.63) is 29.1 Å². The first-order chi connectivity index (χ1) is 6.97. The van der Waals surface area contributed by atoms with Crippen LogP contribution in [0.25, 0.3) is 0 Å². The molecule has 2 N–H and O–H groups in total. The minimum Gasteiger partial charge on any atom is -0.494 e. The van der Waals surface area contributed by atoms with Gasteiger partial charge in [0.25, 0.3) is 0 Å². The number of ether oxygens (including phenoxy) is 1. The van der Waals surface area contributed by atoms with Gasteiger partial charge in [0, 0.05) is 5.56 Å². The van der Waals surface area contributed by atoms with Gasteiger partial charge in [0.1, 0.15) is 0 Å². The average Bonchev–Trinajstić information content (AvgIpc) is 2.19. The second kappa shape index (κ2) is 4.27. The van der Waals surface area contributed by atoms with Crippen molar-refractivity contribution in [2.75, 3.05) is 7.11 Å². The summed E-state index contributed by atoms with van der Waals surface area (Å²) in [5.74, 6) is -2.43. The van der Waals surface area contributed by atoms with Crippen molar-refractivity contribution in [1.29, 1.82) is 0 Å². The summed E-state index contributed by atoms with van der Waals surface area (Å²) in [6.07, 6.45) is -1.88. The van der Waals surface area contributed by atoms with Crippen LogP contribution in [-0.2, 0) is 4.79 Å². The highest BCUT2D eigenvalue weighted by atomic mass is 19.1. The monoisotopic (exact) mass is 214 g/mol. The summed E-state index contributed by atoms with van der Waals surface area (Å²) in [4.78, 5) is 10.5. The van der Waals surface area contributed by atoms with E-state index >= 15 is 0 Å². The minimum absolute atomic E-state index is 0.0784. The van der Waals surface area contributed by atoms with Crippen LogP contribution in [0.1, 0.15) is 17.2 Å². The van der Waals surface area contributed by atoms with E-state index in [-0.39, 0.29) is 11.3 Å². The summed E-state index contributed by atoms with van der Waals surface area (Å²) in [5, 5.41) is 17.8. The summed E-state index contributed by atoms with van der Waals surface area (Å²) in [7, 11) is 1.27. The number of carboxylic acid groups (broad SMARTS) is 1. The number of carboxylic acids is 1. The van der Waals surface area contributed by atoms with E-state index in [1.807, 2.05) is 0 Å². The molecule has 82 valence electrons. The third kappa shape index (κ3) is 2.24. The molecule has 15 heavy (non-hydrogen) atoms. The van der Waals surface area contributed by atoms with E-state index in [9.17, 15) is 14.3 Å². The van der Waals surface area contributed by atoms with Gasteiger partial charge < -0.3 is 14.9 Å². The summed E-state index contributed by atoms with van der Waals surface area (Å²) in [6.45, 7) is 1.65. The molecule has 0 aliphatic carbocycles. The van der Waals surface area contributed by atoms with Crippen molar-refractivity contribution < 1.29 is 24.1 Å². The maximum Gasteiger partial charge on any atom is 0.337 e. The Morgan fingerprint density at radius 2 is 2.13 bits per heavy atom. The van der Waals surface area contributed by atoms with Gasteiger partial charge in [-0.2, -0.15) is 0 Å². The van der Waals surface area contributed by atoms with Gasteiger partial charge in [-0.3, -0.25) is 0 Å². The molecule has 0 aliphatic rings. The smallest absolute Gasteiger partial charge is 0.337 e. The Labute approximate surface area is 85.9 Å². The van der Waals surface area contributed by atoms with Crippen LogP contribution in [0.4, 0.5) is 4.39 Å². The number of hydrogen-bond acceptors (Lipinski definition) is 3. The van der Waals surface area contributed by atoms with Gasteiger partial charge in [-0.1, -0.05) is 0 Å². The van der Waals surface area contributed by atoms with Gasteiger partial charge in [-0.05, 0) is 24.6 Å². The lowest BCUT2D eigenvalue weighted by atomic mass is 10.1. The van der Waals surface area contributed by atoms with Gasteiger partial charge in [-0.15, -0.1) is 0 Å². The number of hydrogen-bond donors (Lipinski definition) is 2. The molecule has 4 nitrogen and oxygen atoms in total. The van der Waals surface area contributed by atoms with Gasteiger partial charge >= 0.3 is 5.97 Å². The van der Waals surface area contributed by atoms with Gasteiger partial charge in [0.15, 0.2) is 17.7 Å². The molecule has 0 aromatic heterocycles.